The van der Waals surface area contributed by atoms with Crippen LogP contribution in [0.5, 0.6) is 0 Å². The summed E-state index contributed by atoms with van der Waals surface area (Å²) in [6.07, 6.45) is 0. The normalized spacial score (nSPS) is 10.6. The molecule has 0 spiro atoms. The zero-order chi connectivity index (χ0) is 12.6. The van der Waals surface area contributed by atoms with Gasteiger partial charge in [0.2, 0.25) is 5.78 Å². The van der Waals surface area contributed by atoms with Crippen LogP contribution in [0.2, 0.25) is 0 Å². The minimum Gasteiger partial charge on any atom is -0.288 e. The van der Waals surface area contributed by atoms with Crippen LogP contribution in [0.3, 0.4) is 0 Å². The third kappa shape index (κ3) is 2.48. The minimum absolute atomic E-state index is 0.258. The van der Waals surface area contributed by atoms with Crippen LogP contribution in [0, 0.1) is 11.6 Å². The number of carbonyl (C=O) groups is 1. The summed E-state index contributed by atoms with van der Waals surface area (Å²) < 4.78 is 28.0. The Hall–Kier alpha value is -0.590. The molecule has 2 aromatic rings. The lowest BCUT2D eigenvalue weighted by molar-refractivity contribution is 0.103. The maximum absolute atomic E-state index is 13.6. The third-order valence-corrected chi connectivity index (χ3v) is 4.25. The van der Waals surface area contributed by atoms with Gasteiger partial charge in [0.1, 0.15) is 11.6 Å². The number of benzene rings is 1. The predicted octanol–water partition coefficient (Wildman–Crippen LogP) is 4.78. The molecule has 1 aromatic carbocycles. The SMILES string of the molecule is O=C(c1cscc1Br)c1c(F)cc(Br)cc1F. The molecule has 0 radical (unpaired) electrons. The monoisotopic (exact) mass is 380 g/mol. The van der Waals surface area contributed by atoms with E-state index in [-0.39, 0.29) is 10.0 Å². The zero-order valence-corrected chi connectivity index (χ0v) is 12.1. The van der Waals surface area contributed by atoms with Crippen molar-refractivity contribution in [1.29, 1.82) is 0 Å². The van der Waals surface area contributed by atoms with E-state index in [0.29, 0.717) is 4.47 Å². The van der Waals surface area contributed by atoms with Crippen molar-refractivity contribution in [1.82, 2.24) is 0 Å². The summed E-state index contributed by atoms with van der Waals surface area (Å²) in [4.78, 5) is 12.0. The van der Waals surface area contributed by atoms with Crippen LogP contribution >= 0.6 is 43.2 Å². The quantitative estimate of drug-likeness (QED) is 0.684. The molecule has 88 valence electrons. The van der Waals surface area contributed by atoms with Crippen LogP contribution in [0.15, 0.2) is 31.8 Å². The van der Waals surface area contributed by atoms with E-state index in [0.717, 1.165) is 12.1 Å². The lowest BCUT2D eigenvalue weighted by Gasteiger charge is -2.04. The molecule has 17 heavy (non-hydrogen) atoms. The molecule has 0 fully saturated rings. The van der Waals surface area contributed by atoms with Gasteiger partial charge in [0.05, 0.1) is 5.56 Å². The first-order chi connectivity index (χ1) is 8.00. The number of rotatable bonds is 2. The summed E-state index contributed by atoms with van der Waals surface area (Å²) in [5, 5.41) is 3.23. The summed E-state index contributed by atoms with van der Waals surface area (Å²) >= 11 is 7.41. The molecule has 0 aliphatic heterocycles. The highest BCUT2D eigenvalue weighted by atomic mass is 79.9. The number of ketones is 1. The van der Waals surface area contributed by atoms with E-state index in [2.05, 4.69) is 31.9 Å². The summed E-state index contributed by atoms with van der Waals surface area (Å²) in [5.41, 5.74) is -0.276. The Morgan fingerprint density at radius 2 is 1.71 bits per heavy atom. The second kappa shape index (κ2) is 4.96. The molecule has 0 saturated carbocycles. The number of thiophene rings is 1. The largest absolute Gasteiger partial charge is 0.288 e. The van der Waals surface area contributed by atoms with Crippen molar-refractivity contribution in [2.24, 2.45) is 0 Å². The fourth-order valence-electron chi connectivity index (χ4n) is 1.34. The number of hydrogen-bond acceptors (Lipinski definition) is 2. The zero-order valence-electron chi connectivity index (χ0n) is 8.14. The minimum atomic E-state index is -0.875. The lowest BCUT2D eigenvalue weighted by Crippen LogP contribution is -2.07. The second-order valence-corrected chi connectivity index (χ2v) is 5.72. The average molecular weight is 382 g/mol. The Morgan fingerprint density at radius 1 is 1.12 bits per heavy atom. The van der Waals surface area contributed by atoms with Crippen molar-refractivity contribution in [3.63, 3.8) is 0 Å². The van der Waals surface area contributed by atoms with Crippen LogP contribution in [-0.2, 0) is 0 Å². The van der Waals surface area contributed by atoms with Gasteiger partial charge in [-0.05, 0) is 28.1 Å². The van der Waals surface area contributed by atoms with Crippen LogP contribution < -0.4 is 0 Å². The van der Waals surface area contributed by atoms with Crippen molar-refractivity contribution in [3.05, 3.63) is 54.6 Å². The Morgan fingerprint density at radius 3 is 2.18 bits per heavy atom. The van der Waals surface area contributed by atoms with Crippen molar-refractivity contribution < 1.29 is 13.6 Å². The highest BCUT2D eigenvalue weighted by molar-refractivity contribution is 9.10. The van der Waals surface area contributed by atoms with Crippen LogP contribution in [0.1, 0.15) is 15.9 Å². The molecular formula is C11H4Br2F2OS. The van der Waals surface area contributed by atoms with Gasteiger partial charge in [-0.1, -0.05) is 15.9 Å². The summed E-state index contributed by atoms with van der Waals surface area (Å²) in [7, 11) is 0. The van der Waals surface area contributed by atoms with E-state index in [1.165, 1.54) is 11.3 Å². The molecule has 0 amide bonds. The summed E-state index contributed by atoms with van der Waals surface area (Å²) in [6, 6.07) is 2.13. The molecule has 0 N–H and O–H groups in total. The van der Waals surface area contributed by atoms with Gasteiger partial charge in [-0.15, -0.1) is 0 Å². The molecule has 0 aliphatic rings. The van der Waals surface area contributed by atoms with Gasteiger partial charge in [0, 0.05) is 25.3 Å². The third-order valence-electron chi connectivity index (χ3n) is 2.09. The molecule has 0 atom stereocenters. The predicted molar refractivity (Wildman–Crippen MR) is 69.5 cm³/mol. The Labute approximate surface area is 117 Å². The molecule has 0 unspecified atom stereocenters. The van der Waals surface area contributed by atoms with Crippen molar-refractivity contribution in [2.45, 2.75) is 0 Å². The molecule has 0 bridgehead atoms. The first-order valence-corrected chi connectivity index (χ1v) is 6.94. The van der Waals surface area contributed by atoms with Gasteiger partial charge in [-0.3, -0.25) is 4.79 Å². The van der Waals surface area contributed by atoms with E-state index in [1.807, 2.05) is 0 Å². The van der Waals surface area contributed by atoms with Crippen LogP contribution in [-0.4, -0.2) is 5.78 Å². The van der Waals surface area contributed by atoms with Gasteiger partial charge >= 0.3 is 0 Å². The van der Waals surface area contributed by atoms with E-state index in [9.17, 15) is 13.6 Å². The summed E-state index contributed by atoms with van der Waals surface area (Å²) in [6.45, 7) is 0. The molecule has 1 aromatic heterocycles. The average Bonchev–Trinajstić information content (AvgIpc) is 2.62. The molecule has 6 heteroatoms. The topological polar surface area (TPSA) is 17.1 Å². The molecule has 1 heterocycles. The molecule has 0 aliphatic carbocycles. The van der Waals surface area contributed by atoms with Crippen molar-refractivity contribution in [2.75, 3.05) is 0 Å². The van der Waals surface area contributed by atoms with Gasteiger partial charge in [-0.25, -0.2) is 8.78 Å². The lowest BCUT2D eigenvalue weighted by atomic mass is 10.1. The maximum atomic E-state index is 13.6. The van der Waals surface area contributed by atoms with Gasteiger partial charge in [0.15, 0.2) is 0 Å². The van der Waals surface area contributed by atoms with Gasteiger partial charge in [-0.2, -0.15) is 11.3 Å². The fourth-order valence-corrected chi connectivity index (χ4v) is 3.19. The van der Waals surface area contributed by atoms with E-state index < -0.39 is 23.0 Å². The fraction of sp³-hybridized carbons (Fsp3) is 0. The first kappa shape index (κ1) is 12.9. The van der Waals surface area contributed by atoms with E-state index >= 15 is 0 Å². The van der Waals surface area contributed by atoms with E-state index in [1.54, 1.807) is 10.8 Å². The molecule has 2 rings (SSSR count). The van der Waals surface area contributed by atoms with Gasteiger partial charge in [0.25, 0.3) is 0 Å². The van der Waals surface area contributed by atoms with Gasteiger partial charge < -0.3 is 0 Å². The number of halogens is 4. The van der Waals surface area contributed by atoms with Crippen molar-refractivity contribution >= 4 is 49.0 Å². The maximum Gasteiger partial charge on any atom is 0.200 e. The molecule has 0 saturated heterocycles. The number of hydrogen-bond donors (Lipinski definition) is 0. The van der Waals surface area contributed by atoms with Crippen LogP contribution in [0.4, 0.5) is 8.78 Å². The molecule has 1 nitrogen and oxygen atoms in total. The first-order valence-electron chi connectivity index (χ1n) is 4.41. The Kier molecular flexibility index (Phi) is 3.75. The highest BCUT2D eigenvalue weighted by Gasteiger charge is 2.22. The standard InChI is InChI=1S/C11H4Br2F2OS/c12-5-1-8(14)10(9(15)2-5)11(16)6-3-17-4-7(6)13/h1-4H. The van der Waals surface area contributed by atoms with E-state index in [4.69, 9.17) is 0 Å². The Bertz CT molecular complexity index is 572. The smallest absolute Gasteiger partial charge is 0.200 e. The highest BCUT2D eigenvalue weighted by Crippen LogP contribution is 2.27. The Balaban J connectivity index is 2.56. The van der Waals surface area contributed by atoms with Crippen molar-refractivity contribution in [3.8, 4) is 0 Å². The van der Waals surface area contributed by atoms with Crippen LogP contribution in [0.25, 0.3) is 0 Å². The summed E-state index contributed by atoms with van der Waals surface area (Å²) in [5.74, 6) is -2.42. The number of carbonyl (C=O) groups excluding carboxylic acids is 1. The second-order valence-electron chi connectivity index (χ2n) is 3.21. The molecular weight excluding hydrogens is 378 g/mol.